The second kappa shape index (κ2) is 15.7. The molecule has 0 radical (unpaired) electrons. The summed E-state index contributed by atoms with van der Waals surface area (Å²) in [6.45, 7) is -2.65. The number of fused-ring (bicyclic) bond motifs is 1. The number of phenols is 2. The van der Waals surface area contributed by atoms with E-state index in [2.05, 4.69) is 0 Å². The van der Waals surface area contributed by atoms with Gasteiger partial charge in [0.2, 0.25) is 6.29 Å². The molecule has 15 atom stereocenters. The molecule has 20 heteroatoms. The number of benzene rings is 2. The van der Waals surface area contributed by atoms with Crippen LogP contribution in [0.2, 0.25) is 0 Å². The largest absolute Gasteiger partial charge is 0.508 e. The molecule has 3 aliphatic rings. The SMILES string of the molecule is O=c1cc(-c2ccc(O)cc2)oc2cc(O[C@@H]3OC(CO)[C@H](O)[C@H](O)C3O)c([C@@H]3OC(CO)[C@@H](O)[C@H](O)C3O[C@@H]3OC(CO)[C@H](O)[C@H](O)C3O)c(O)c12. The number of hydrogen-bond acceptors (Lipinski definition) is 20. The molecule has 0 bridgehead atoms. The third-order valence-corrected chi connectivity index (χ3v) is 9.53. The van der Waals surface area contributed by atoms with E-state index in [0.717, 1.165) is 12.1 Å². The smallest absolute Gasteiger partial charge is 0.229 e. The molecular formula is C33H40O20. The minimum absolute atomic E-state index is 0.0509. The number of ether oxygens (including phenoxy) is 5. The molecule has 53 heavy (non-hydrogen) atoms. The maximum Gasteiger partial charge on any atom is 0.229 e. The van der Waals surface area contributed by atoms with Crippen LogP contribution in [0.5, 0.6) is 17.2 Å². The zero-order valence-corrected chi connectivity index (χ0v) is 27.4. The van der Waals surface area contributed by atoms with Gasteiger partial charge < -0.3 is 94.5 Å². The molecule has 1 aromatic heterocycles. The van der Waals surface area contributed by atoms with E-state index < -0.39 is 140 Å². The van der Waals surface area contributed by atoms with Gasteiger partial charge in [0, 0.05) is 17.7 Å². The number of hydrogen-bond donors (Lipinski definition) is 13. The summed E-state index contributed by atoms with van der Waals surface area (Å²) in [5.74, 6) is -1.67. The topological polar surface area (TPSA) is 339 Å². The Morgan fingerprint density at radius 1 is 0.623 bits per heavy atom. The Balaban J connectivity index is 1.52. The second-order valence-electron chi connectivity index (χ2n) is 12.9. The Hall–Kier alpha value is -3.55. The van der Waals surface area contributed by atoms with E-state index >= 15 is 0 Å². The Kier molecular flexibility index (Phi) is 11.6. The molecule has 0 amide bonds. The number of aromatic hydroxyl groups is 2. The first-order chi connectivity index (χ1) is 25.2. The molecule has 0 spiro atoms. The van der Waals surface area contributed by atoms with E-state index in [9.17, 15) is 71.2 Å². The number of aliphatic hydroxyl groups excluding tert-OH is 11. The lowest BCUT2D eigenvalue weighted by Gasteiger charge is -2.46. The maximum absolute atomic E-state index is 13.6. The van der Waals surface area contributed by atoms with Gasteiger partial charge in [0.25, 0.3) is 0 Å². The molecule has 6 unspecified atom stereocenters. The average Bonchev–Trinajstić information content (AvgIpc) is 3.14. The van der Waals surface area contributed by atoms with Gasteiger partial charge in [-0.2, -0.15) is 0 Å². The maximum atomic E-state index is 13.6. The lowest BCUT2D eigenvalue weighted by Crippen LogP contribution is -2.62. The van der Waals surface area contributed by atoms with Crippen LogP contribution in [0.25, 0.3) is 22.3 Å². The Labute approximate surface area is 298 Å². The van der Waals surface area contributed by atoms with Gasteiger partial charge in [-0.25, -0.2) is 0 Å². The van der Waals surface area contributed by atoms with Crippen LogP contribution in [0, 0.1) is 0 Å². The number of phenolic OH excluding ortho intramolecular Hbond substituents is 2. The predicted octanol–water partition coefficient (Wildman–Crippen LogP) is -4.61. The van der Waals surface area contributed by atoms with Crippen molar-refractivity contribution in [2.24, 2.45) is 0 Å². The molecular weight excluding hydrogens is 716 g/mol. The highest BCUT2D eigenvalue weighted by Crippen LogP contribution is 2.47. The van der Waals surface area contributed by atoms with Crippen LogP contribution in [-0.2, 0) is 18.9 Å². The van der Waals surface area contributed by atoms with Crippen molar-refractivity contribution in [3.63, 3.8) is 0 Å². The van der Waals surface area contributed by atoms with Crippen molar-refractivity contribution in [1.82, 2.24) is 0 Å². The first-order valence-electron chi connectivity index (χ1n) is 16.4. The normalized spacial score (nSPS) is 37.8. The fourth-order valence-electron chi connectivity index (χ4n) is 6.53. The monoisotopic (exact) mass is 756 g/mol. The average molecular weight is 757 g/mol. The molecule has 3 fully saturated rings. The fourth-order valence-corrected chi connectivity index (χ4v) is 6.53. The van der Waals surface area contributed by atoms with Crippen molar-refractivity contribution in [2.45, 2.75) is 91.9 Å². The van der Waals surface area contributed by atoms with Crippen LogP contribution in [0.15, 0.2) is 45.6 Å². The predicted molar refractivity (Wildman–Crippen MR) is 171 cm³/mol. The van der Waals surface area contributed by atoms with Gasteiger partial charge in [-0.1, -0.05) is 0 Å². The second-order valence-corrected chi connectivity index (χ2v) is 12.9. The highest BCUT2D eigenvalue weighted by atomic mass is 16.7. The Morgan fingerprint density at radius 3 is 1.74 bits per heavy atom. The van der Waals surface area contributed by atoms with Crippen molar-refractivity contribution in [3.8, 4) is 28.6 Å². The third-order valence-electron chi connectivity index (χ3n) is 9.53. The minimum Gasteiger partial charge on any atom is -0.508 e. The highest BCUT2D eigenvalue weighted by Gasteiger charge is 2.53. The van der Waals surface area contributed by atoms with Crippen molar-refractivity contribution in [3.05, 3.63) is 52.2 Å². The van der Waals surface area contributed by atoms with Crippen LogP contribution in [-0.4, -0.2) is 172 Å². The molecule has 3 aromatic rings. The summed E-state index contributed by atoms with van der Waals surface area (Å²) < 4.78 is 34.4. The molecule has 13 N–H and O–H groups in total. The van der Waals surface area contributed by atoms with E-state index in [-0.39, 0.29) is 17.1 Å². The van der Waals surface area contributed by atoms with Gasteiger partial charge in [0.05, 0.1) is 25.4 Å². The summed E-state index contributed by atoms with van der Waals surface area (Å²) in [6.07, 6.45) is -27.9. The van der Waals surface area contributed by atoms with E-state index in [1.807, 2.05) is 0 Å². The zero-order valence-electron chi connectivity index (χ0n) is 27.4. The molecule has 6 rings (SSSR count). The summed E-state index contributed by atoms with van der Waals surface area (Å²) >= 11 is 0. The van der Waals surface area contributed by atoms with Gasteiger partial charge >= 0.3 is 0 Å². The lowest BCUT2D eigenvalue weighted by atomic mass is 9.89. The van der Waals surface area contributed by atoms with Crippen LogP contribution in [0.4, 0.5) is 0 Å². The summed E-state index contributed by atoms with van der Waals surface area (Å²) in [5, 5.41) is 136. The van der Waals surface area contributed by atoms with Crippen molar-refractivity contribution >= 4 is 11.0 Å². The number of rotatable bonds is 9. The van der Waals surface area contributed by atoms with Crippen molar-refractivity contribution in [1.29, 1.82) is 0 Å². The summed E-state index contributed by atoms with van der Waals surface area (Å²) in [7, 11) is 0. The molecule has 20 nitrogen and oxygen atoms in total. The third kappa shape index (κ3) is 7.21. The number of aliphatic hydroxyl groups is 11. The molecule has 4 heterocycles. The van der Waals surface area contributed by atoms with Crippen LogP contribution in [0.1, 0.15) is 11.7 Å². The summed E-state index contributed by atoms with van der Waals surface area (Å²) in [5.41, 5.74) is -1.48. The van der Waals surface area contributed by atoms with E-state index in [0.29, 0.717) is 5.56 Å². The molecule has 2 aromatic carbocycles. The Bertz CT molecular complexity index is 1780. The first-order valence-corrected chi connectivity index (χ1v) is 16.4. The molecule has 292 valence electrons. The van der Waals surface area contributed by atoms with Crippen molar-refractivity contribution < 1.29 is 94.5 Å². The van der Waals surface area contributed by atoms with Gasteiger partial charge in [0.15, 0.2) is 11.7 Å². The first kappa shape index (κ1) is 39.2. The molecule has 3 aliphatic heterocycles. The lowest BCUT2D eigenvalue weighted by molar-refractivity contribution is -0.342. The van der Waals surface area contributed by atoms with Gasteiger partial charge in [-0.05, 0) is 24.3 Å². The van der Waals surface area contributed by atoms with Gasteiger partial charge in [0.1, 0.15) is 113 Å². The molecule has 0 aliphatic carbocycles. The van der Waals surface area contributed by atoms with E-state index in [4.69, 9.17) is 28.1 Å². The van der Waals surface area contributed by atoms with Crippen LogP contribution >= 0.6 is 0 Å². The standard InChI is InChI=1S/C33H40O20/c34-7-16-23(41)27(45)31(53-33-29(47)26(44)22(40)18(9-36)52-33)30(49-16)20-15(50-32-28(46)25(43)21(39)17(8-35)51-32)6-14-19(24(20)42)12(38)5-13(48-14)10-1-3-11(37)4-2-10/h1-6,16-18,21-23,25-37,39-47H,7-9H2/t16?,17?,18?,21-,22-,23+,25-,26-,27-,28?,29?,30-,31?,32+,33-/m0/s1. The quantitative estimate of drug-likeness (QED) is 0.0976. The minimum atomic E-state index is -2.07. The van der Waals surface area contributed by atoms with Gasteiger partial charge in [-0.3, -0.25) is 4.79 Å². The summed E-state index contributed by atoms with van der Waals surface area (Å²) in [4.78, 5) is 13.6. The fraction of sp³-hybridized carbons (Fsp3) is 0.545. The zero-order chi connectivity index (χ0) is 38.5. The van der Waals surface area contributed by atoms with Crippen LogP contribution < -0.4 is 10.2 Å². The highest BCUT2D eigenvalue weighted by molar-refractivity contribution is 5.88. The summed E-state index contributed by atoms with van der Waals surface area (Å²) in [6, 6.07) is 7.53. The van der Waals surface area contributed by atoms with E-state index in [1.54, 1.807) is 0 Å². The van der Waals surface area contributed by atoms with Gasteiger partial charge in [-0.15, -0.1) is 0 Å². The van der Waals surface area contributed by atoms with Crippen molar-refractivity contribution in [2.75, 3.05) is 19.8 Å². The Morgan fingerprint density at radius 2 is 1.15 bits per heavy atom. The molecule has 3 saturated heterocycles. The van der Waals surface area contributed by atoms with E-state index in [1.165, 1.54) is 24.3 Å². The van der Waals surface area contributed by atoms with Crippen LogP contribution in [0.3, 0.4) is 0 Å². The molecule has 0 saturated carbocycles.